The van der Waals surface area contributed by atoms with Gasteiger partial charge in [-0.25, -0.2) is 0 Å². The number of morpholine rings is 1. The zero-order chi connectivity index (χ0) is 13.5. The third-order valence-corrected chi connectivity index (χ3v) is 3.30. The minimum atomic E-state index is -0.542. The smallest absolute Gasteiger partial charge is 0.270 e. The zero-order valence-electron chi connectivity index (χ0n) is 11.0. The fourth-order valence-electron chi connectivity index (χ4n) is 1.78. The van der Waals surface area contributed by atoms with Gasteiger partial charge in [0.15, 0.2) is 0 Å². The number of aromatic nitrogens is 2. The SMILES string of the molecule is CCNC[C@H](O)COc1nsnc1N1CCOCC1. The summed E-state index contributed by atoms with van der Waals surface area (Å²) < 4.78 is 19.3. The van der Waals surface area contributed by atoms with Crippen LogP contribution < -0.4 is 15.0 Å². The van der Waals surface area contributed by atoms with Gasteiger partial charge in [0.25, 0.3) is 5.88 Å². The Morgan fingerprint density at radius 1 is 1.47 bits per heavy atom. The van der Waals surface area contributed by atoms with Gasteiger partial charge in [-0.3, -0.25) is 0 Å². The van der Waals surface area contributed by atoms with Gasteiger partial charge >= 0.3 is 0 Å². The molecule has 19 heavy (non-hydrogen) atoms. The fourth-order valence-corrected chi connectivity index (χ4v) is 2.30. The molecule has 1 atom stereocenters. The molecule has 2 N–H and O–H groups in total. The van der Waals surface area contributed by atoms with Crippen LogP contribution in [0.4, 0.5) is 5.82 Å². The van der Waals surface area contributed by atoms with Crippen LogP contribution in [0.2, 0.25) is 0 Å². The van der Waals surface area contributed by atoms with E-state index < -0.39 is 6.10 Å². The molecule has 7 nitrogen and oxygen atoms in total. The minimum Gasteiger partial charge on any atom is -0.472 e. The molecule has 1 saturated heterocycles. The summed E-state index contributed by atoms with van der Waals surface area (Å²) in [5.74, 6) is 1.26. The lowest BCUT2D eigenvalue weighted by molar-refractivity contribution is 0.104. The molecule has 0 saturated carbocycles. The maximum Gasteiger partial charge on any atom is 0.270 e. The van der Waals surface area contributed by atoms with E-state index in [2.05, 4.69) is 19.0 Å². The molecule has 1 aliphatic rings. The number of hydrogen-bond acceptors (Lipinski definition) is 8. The van der Waals surface area contributed by atoms with Crippen molar-refractivity contribution in [2.75, 3.05) is 50.9 Å². The lowest BCUT2D eigenvalue weighted by atomic mass is 10.4. The van der Waals surface area contributed by atoms with Crippen LogP contribution in [0.15, 0.2) is 0 Å². The second-order valence-corrected chi connectivity index (χ2v) is 4.79. The van der Waals surface area contributed by atoms with Crippen molar-refractivity contribution in [1.82, 2.24) is 14.1 Å². The third-order valence-electron chi connectivity index (χ3n) is 2.80. The van der Waals surface area contributed by atoms with Gasteiger partial charge in [0.1, 0.15) is 12.7 Å². The van der Waals surface area contributed by atoms with Crippen molar-refractivity contribution in [1.29, 1.82) is 0 Å². The summed E-state index contributed by atoms with van der Waals surface area (Å²) in [6.07, 6.45) is -0.542. The summed E-state index contributed by atoms with van der Waals surface area (Å²) in [5, 5.41) is 12.8. The number of hydrogen-bond donors (Lipinski definition) is 2. The van der Waals surface area contributed by atoms with E-state index in [4.69, 9.17) is 9.47 Å². The van der Waals surface area contributed by atoms with E-state index >= 15 is 0 Å². The van der Waals surface area contributed by atoms with E-state index in [-0.39, 0.29) is 6.61 Å². The van der Waals surface area contributed by atoms with E-state index in [0.29, 0.717) is 25.6 Å². The van der Waals surface area contributed by atoms with Crippen LogP contribution in [0.3, 0.4) is 0 Å². The second kappa shape index (κ2) is 7.59. The van der Waals surface area contributed by atoms with Crippen LogP contribution >= 0.6 is 11.7 Å². The maximum atomic E-state index is 9.71. The summed E-state index contributed by atoms with van der Waals surface area (Å²) in [6.45, 7) is 6.53. The van der Waals surface area contributed by atoms with Gasteiger partial charge in [-0.05, 0) is 6.54 Å². The van der Waals surface area contributed by atoms with E-state index in [1.165, 1.54) is 0 Å². The minimum absolute atomic E-state index is 0.218. The van der Waals surface area contributed by atoms with Gasteiger partial charge in [0, 0.05) is 19.6 Å². The van der Waals surface area contributed by atoms with Gasteiger partial charge in [0.2, 0.25) is 5.82 Å². The standard InChI is InChI=1S/C11H20N4O3S/c1-2-12-7-9(16)8-18-11-10(13-19-14-11)15-3-5-17-6-4-15/h9,12,16H,2-8H2,1H3/t9-/m0/s1. The number of likely N-dealkylation sites (N-methyl/N-ethyl adjacent to an activating group) is 1. The first-order valence-corrected chi connectivity index (χ1v) is 7.21. The van der Waals surface area contributed by atoms with Crippen molar-refractivity contribution in [2.45, 2.75) is 13.0 Å². The van der Waals surface area contributed by atoms with Crippen LogP contribution in [0.1, 0.15) is 6.92 Å². The summed E-state index contributed by atoms with van der Waals surface area (Å²) in [5.41, 5.74) is 0. The number of anilines is 1. The van der Waals surface area contributed by atoms with Gasteiger partial charge in [0.05, 0.1) is 24.9 Å². The molecule has 2 rings (SSSR count). The highest BCUT2D eigenvalue weighted by molar-refractivity contribution is 6.99. The summed E-state index contributed by atoms with van der Waals surface area (Å²) >= 11 is 1.12. The first kappa shape index (κ1) is 14.4. The number of nitrogens with one attached hydrogen (secondary N) is 1. The predicted molar refractivity (Wildman–Crippen MR) is 73.0 cm³/mol. The molecule has 0 spiro atoms. The molecule has 2 heterocycles. The van der Waals surface area contributed by atoms with Crippen LogP contribution in [0, 0.1) is 0 Å². The Kier molecular flexibility index (Phi) is 5.77. The molecule has 8 heteroatoms. The fraction of sp³-hybridized carbons (Fsp3) is 0.818. The van der Waals surface area contributed by atoms with Gasteiger partial charge in [-0.2, -0.15) is 4.37 Å². The van der Waals surface area contributed by atoms with Crippen LogP contribution in [-0.4, -0.2) is 66.0 Å². The molecule has 1 aliphatic heterocycles. The lowest BCUT2D eigenvalue weighted by Crippen LogP contribution is -2.37. The number of rotatable bonds is 7. The van der Waals surface area contributed by atoms with E-state index in [1.807, 2.05) is 6.92 Å². The first-order valence-electron chi connectivity index (χ1n) is 6.48. The van der Waals surface area contributed by atoms with Crippen LogP contribution in [0.5, 0.6) is 5.88 Å². The Morgan fingerprint density at radius 3 is 3.00 bits per heavy atom. The molecule has 0 aliphatic carbocycles. The van der Waals surface area contributed by atoms with E-state index in [1.54, 1.807) is 0 Å². The summed E-state index contributed by atoms with van der Waals surface area (Å²) in [4.78, 5) is 2.10. The van der Waals surface area contributed by atoms with Crippen LogP contribution in [-0.2, 0) is 4.74 Å². The normalized spacial score (nSPS) is 17.5. The van der Waals surface area contributed by atoms with Crippen molar-refractivity contribution in [3.8, 4) is 5.88 Å². The van der Waals surface area contributed by atoms with Crippen molar-refractivity contribution in [3.05, 3.63) is 0 Å². The topological polar surface area (TPSA) is 79.7 Å². The number of nitrogens with zero attached hydrogens (tertiary/aromatic N) is 3. The van der Waals surface area contributed by atoms with Gasteiger partial charge < -0.3 is 24.8 Å². The summed E-state index contributed by atoms with van der Waals surface area (Å²) in [6, 6.07) is 0. The first-order chi connectivity index (χ1) is 9.31. The van der Waals surface area contributed by atoms with Crippen LogP contribution in [0.25, 0.3) is 0 Å². The number of aliphatic hydroxyl groups excluding tert-OH is 1. The molecule has 1 fully saturated rings. The average molecular weight is 288 g/mol. The molecule has 0 unspecified atom stereocenters. The Hall–Kier alpha value is -0.960. The van der Waals surface area contributed by atoms with Crippen molar-refractivity contribution in [2.24, 2.45) is 0 Å². The Labute approximate surface area is 116 Å². The Morgan fingerprint density at radius 2 is 2.26 bits per heavy atom. The monoisotopic (exact) mass is 288 g/mol. The van der Waals surface area contributed by atoms with Crippen molar-refractivity contribution >= 4 is 17.5 Å². The van der Waals surface area contributed by atoms with E-state index in [0.717, 1.165) is 37.2 Å². The average Bonchev–Trinajstić information content (AvgIpc) is 2.92. The molecule has 0 radical (unpaired) electrons. The molecule has 1 aromatic heterocycles. The molecular weight excluding hydrogens is 268 g/mol. The molecule has 1 aromatic rings. The highest BCUT2D eigenvalue weighted by atomic mass is 32.1. The largest absolute Gasteiger partial charge is 0.472 e. The summed E-state index contributed by atoms with van der Waals surface area (Å²) in [7, 11) is 0. The third kappa shape index (κ3) is 4.27. The van der Waals surface area contributed by atoms with E-state index in [9.17, 15) is 5.11 Å². The highest BCUT2D eigenvalue weighted by Gasteiger charge is 2.20. The van der Waals surface area contributed by atoms with Gasteiger partial charge in [-0.1, -0.05) is 6.92 Å². The quantitative estimate of drug-likeness (QED) is 0.714. The predicted octanol–water partition coefficient (Wildman–Crippen LogP) is -0.276. The van der Waals surface area contributed by atoms with Crippen molar-refractivity contribution in [3.63, 3.8) is 0 Å². The highest BCUT2D eigenvalue weighted by Crippen LogP contribution is 2.26. The van der Waals surface area contributed by atoms with Crippen molar-refractivity contribution < 1.29 is 14.6 Å². The second-order valence-electron chi connectivity index (χ2n) is 4.26. The molecule has 0 amide bonds. The number of ether oxygens (including phenoxy) is 2. The molecule has 0 bridgehead atoms. The molecular formula is C11H20N4O3S. The molecule has 0 aromatic carbocycles. The van der Waals surface area contributed by atoms with Gasteiger partial charge in [-0.15, -0.1) is 4.37 Å². The molecule has 108 valence electrons. The Bertz CT molecular complexity index is 371. The Balaban J connectivity index is 1.85. The number of aliphatic hydroxyl groups is 1. The maximum absolute atomic E-state index is 9.71. The lowest BCUT2D eigenvalue weighted by Gasteiger charge is -2.26. The zero-order valence-corrected chi connectivity index (χ0v) is 11.9.